The fraction of sp³-hybridized carbons (Fsp3) is 0.500. The lowest BCUT2D eigenvalue weighted by Gasteiger charge is -2.35. The van der Waals surface area contributed by atoms with E-state index in [1.807, 2.05) is 26.8 Å². The third-order valence-corrected chi connectivity index (χ3v) is 8.04. The van der Waals surface area contributed by atoms with E-state index in [9.17, 15) is 13.2 Å². The summed E-state index contributed by atoms with van der Waals surface area (Å²) in [6, 6.07) is 5.33. The Labute approximate surface area is 130 Å². The number of hydrogen-bond donors (Lipinski definition) is 0. The molecule has 0 N–H and O–H groups in total. The third-order valence-electron chi connectivity index (χ3n) is 3.78. The molecule has 1 unspecified atom stereocenters. The van der Waals surface area contributed by atoms with Crippen molar-refractivity contribution in [2.75, 3.05) is 0 Å². The monoisotopic (exact) mass is 336 g/mol. The third kappa shape index (κ3) is 2.85. The molecule has 0 aliphatic carbocycles. The quantitative estimate of drug-likeness (QED) is 0.545. The van der Waals surface area contributed by atoms with Gasteiger partial charge < -0.3 is 0 Å². The molecule has 0 aromatic heterocycles. The van der Waals surface area contributed by atoms with E-state index in [-0.39, 0.29) is 10.8 Å². The van der Waals surface area contributed by atoms with E-state index in [0.717, 1.165) is 18.4 Å². The highest BCUT2D eigenvalue weighted by molar-refractivity contribution is 8.54. The summed E-state index contributed by atoms with van der Waals surface area (Å²) < 4.78 is 41.1. The lowest BCUT2D eigenvalue weighted by molar-refractivity contribution is -0.0359. The summed E-state index contributed by atoms with van der Waals surface area (Å²) in [5, 5.41) is 0. The molecule has 21 heavy (non-hydrogen) atoms. The van der Waals surface area contributed by atoms with Crippen LogP contribution in [0, 0.1) is 0 Å². The molecule has 1 aliphatic heterocycles. The van der Waals surface area contributed by atoms with Gasteiger partial charge in [-0.3, -0.25) is 0 Å². The van der Waals surface area contributed by atoms with Gasteiger partial charge in [-0.2, -0.15) is 13.2 Å². The molecule has 1 atom stereocenters. The maximum atomic E-state index is 13.7. The first kappa shape index (κ1) is 16.8. The lowest BCUT2D eigenvalue weighted by atomic mass is 10.0. The number of allylic oxidation sites excluding steroid dienone is 1. The molecule has 0 saturated heterocycles. The molecule has 0 fully saturated rings. The van der Waals surface area contributed by atoms with Gasteiger partial charge in [0.25, 0.3) is 0 Å². The summed E-state index contributed by atoms with van der Waals surface area (Å²) in [6.45, 7) is 5.92. The fourth-order valence-electron chi connectivity index (χ4n) is 2.51. The zero-order valence-corrected chi connectivity index (χ0v) is 14.0. The maximum Gasteiger partial charge on any atom is 0.445 e. The number of alkyl halides is 3. The minimum Gasteiger partial charge on any atom is -0.160 e. The second-order valence-electron chi connectivity index (χ2n) is 5.65. The number of halogens is 4. The average Bonchev–Trinajstić information content (AvgIpc) is 2.69. The highest BCUT2D eigenvalue weighted by Gasteiger charge is 2.55. The molecular weight excluding hydrogens is 317 g/mol. The number of benzene rings is 1. The number of fused-ring (bicyclic) bond motifs is 1. The van der Waals surface area contributed by atoms with Crippen molar-refractivity contribution in [3.63, 3.8) is 0 Å². The molecule has 0 spiro atoms. The number of unbranched alkanes of at least 4 members (excludes halogenated alkanes) is 1. The van der Waals surface area contributed by atoms with Crippen molar-refractivity contribution in [3.8, 4) is 0 Å². The van der Waals surface area contributed by atoms with Gasteiger partial charge in [-0.15, -0.1) is 0 Å². The van der Waals surface area contributed by atoms with Crippen molar-refractivity contribution < 1.29 is 13.2 Å². The highest BCUT2D eigenvalue weighted by atomic mass is 35.7. The smallest absolute Gasteiger partial charge is 0.160 e. The van der Waals surface area contributed by atoms with E-state index >= 15 is 0 Å². The van der Waals surface area contributed by atoms with Gasteiger partial charge in [-0.05, 0) is 66.9 Å². The predicted molar refractivity (Wildman–Crippen MR) is 85.8 cm³/mol. The minimum atomic E-state index is -4.41. The van der Waals surface area contributed by atoms with Crippen LogP contribution in [-0.4, -0.2) is 5.51 Å². The van der Waals surface area contributed by atoms with Crippen molar-refractivity contribution >= 4 is 26.0 Å². The van der Waals surface area contributed by atoms with Crippen LogP contribution in [0.25, 0.3) is 6.08 Å². The topological polar surface area (TPSA) is 0 Å². The molecule has 0 radical (unpaired) electrons. The van der Waals surface area contributed by atoms with Crippen LogP contribution in [-0.2, 0) is 0 Å². The number of hydrogen-bond acceptors (Lipinski definition) is 0. The summed E-state index contributed by atoms with van der Waals surface area (Å²) in [5.74, 6) is 0.184. The van der Waals surface area contributed by atoms with Gasteiger partial charge in [0.05, 0.1) is 0 Å². The van der Waals surface area contributed by atoms with Crippen molar-refractivity contribution in [2.24, 2.45) is 0 Å². The van der Waals surface area contributed by atoms with Crippen molar-refractivity contribution in [3.05, 3.63) is 34.2 Å². The second kappa shape index (κ2) is 5.88. The average molecular weight is 337 g/mol. The Kier molecular flexibility index (Phi) is 4.69. The van der Waals surface area contributed by atoms with Gasteiger partial charge >= 0.3 is 5.51 Å². The molecule has 118 valence electrons. The molecule has 1 aliphatic rings. The summed E-state index contributed by atoms with van der Waals surface area (Å²) >= 11 is 0. The van der Waals surface area contributed by atoms with E-state index in [0.29, 0.717) is 16.9 Å². The molecule has 2 rings (SSSR count). The Morgan fingerprint density at radius 3 is 2.43 bits per heavy atom. The van der Waals surface area contributed by atoms with Gasteiger partial charge in [0.2, 0.25) is 0 Å². The number of rotatable bonds is 4. The molecule has 1 heterocycles. The highest BCUT2D eigenvalue weighted by Crippen LogP contribution is 2.80. The first-order valence-electron chi connectivity index (χ1n) is 7.15. The minimum absolute atomic E-state index is 0.184. The molecule has 1 aromatic carbocycles. The van der Waals surface area contributed by atoms with Crippen LogP contribution in [0.5, 0.6) is 0 Å². The van der Waals surface area contributed by atoms with Gasteiger partial charge in [0.1, 0.15) is 0 Å². The largest absolute Gasteiger partial charge is 0.445 e. The standard InChI is InChI=1S/C16H20ClF3S/c1-4-5-6-14-9-13-8-7-12(11(2)3)10-15(13)21(14,17)16(18,19)20/h7-11H,4-6H2,1-3H3. The van der Waals surface area contributed by atoms with Crippen LogP contribution < -0.4 is 0 Å². The Bertz CT molecular complexity index is 563. The SMILES string of the molecule is CCCCC1=Cc2ccc(C(C)C)cc2S1(Cl)C(F)(F)F. The van der Waals surface area contributed by atoms with Crippen LogP contribution >= 0.6 is 19.9 Å². The molecule has 0 nitrogen and oxygen atoms in total. The van der Waals surface area contributed by atoms with Gasteiger partial charge in [0, 0.05) is 4.90 Å². The Hall–Kier alpha value is -0.610. The predicted octanol–water partition coefficient (Wildman–Crippen LogP) is 7.19. The molecular formula is C16H20ClF3S. The summed E-state index contributed by atoms with van der Waals surface area (Å²) in [7, 11) is 2.83. The van der Waals surface area contributed by atoms with Crippen LogP contribution in [0.1, 0.15) is 57.1 Å². The van der Waals surface area contributed by atoms with E-state index < -0.39 is 14.7 Å². The van der Waals surface area contributed by atoms with Gasteiger partial charge in [-0.1, -0.05) is 39.3 Å². The zero-order valence-electron chi connectivity index (χ0n) is 12.4. The van der Waals surface area contributed by atoms with E-state index in [2.05, 4.69) is 0 Å². The van der Waals surface area contributed by atoms with Crippen LogP contribution in [0.2, 0.25) is 0 Å². The van der Waals surface area contributed by atoms with Crippen molar-refractivity contribution in [1.29, 1.82) is 0 Å². The first-order valence-corrected chi connectivity index (χ1v) is 9.61. The second-order valence-corrected chi connectivity index (χ2v) is 9.54. The molecule has 1 aromatic rings. The van der Waals surface area contributed by atoms with Crippen LogP contribution in [0.15, 0.2) is 28.0 Å². The summed E-state index contributed by atoms with van der Waals surface area (Å²) in [5.41, 5.74) is -2.87. The van der Waals surface area contributed by atoms with Gasteiger partial charge in [0.15, 0.2) is 0 Å². The summed E-state index contributed by atoms with van der Waals surface area (Å²) in [6.07, 6.45) is 3.66. The zero-order chi connectivity index (χ0) is 15.8. The molecule has 0 bridgehead atoms. The van der Waals surface area contributed by atoms with E-state index in [4.69, 9.17) is 10.7 Å². The summed E-state index contributed by atoms with van der Waals surface area (Å²) in [4.78, 5) is 0.628. The molecule has 0 amide bonds. The van der Waals surface area contributed by atoms with E-state index in [1.54, 1.807) is 18.2 Å². The maximum absolute atomic E-state index is 13.7. The van der Waals surface area contributed by atoms with Crippen LogP contribution in [0.3, 0.4) is 0 Å². The Balaban J connectivity index is 2.54. The van der Waals surface area contributed by atoms with E-state index in [1.165, 1.54) is 0 Å². The van der Waals surface area contributed by atoms with Gasteiger partial charge in [-0.25, -0.2) is 0 Å². The molecule has 5 heteroatoms. The van der Waals surface area contributed by atoms with Crippen molar-refractivity contribution in [2.45, 2.75) is 56.4 Å². The first-order chi connectivity index (χ1) is 9.71. The normalized spacial score (nSPS) is 24.7. The van der Waals surface area contributed by atoms with Crippen LogP contribution in [0.4, 0.5) is 13.2 Å². The Morgan fingerprint density at radius 2 is 1.90 bits per heavy atom. The lowest BCUT2D eigenvalue weighted by Crippen LogP contribution is -2.16. The van der Waals surface area contributed by atoms with Crippen molar-refractivity contribution in [1.82, 2.24) is 0 Å². The fourth-order valence-corrected chi connectivity index (χ4v) is 5.57. The Morgan fingerprint density at radius 1 is 1.24 bits per heavy atom. The molecule has 0 saturated carbocycles.